The number of hydrogen-bond donors (Lipinski definition) is 3. The van der Waals surface area contributed by atoms with E-state index < -0.39 is 10.8 Å². The summed E-state index contributed by atoms with van der Waals surface area (Å²) in [5, 5.41) is 18.8. The van der Waals surface area contributed by atoms with Crippen LogP contribution in [0.4, 0.5) is 11.5 Å². The number of nitro groups is 1. The Morgan fingerprint density at radius 2 is 2.50 bits per heavy atom. The minimum absolute atomic E-state index is 0.113. The molecule has 1 aromatic heterocycles. The molecule has 8 heteroatoms. The highest BCUT2D eigenvalue weighted by molar-refractivity contribution is 5.74. The number of amides is 1. The van der Waals surface area contributed by atoms with Gasteiger partial charge in [-0.05, 0) is 4.92 Å². The molecule has 0 aromatic carbocycles. The lowest BCUT2D eigenvalue weighted by Gasteiger charge is -2.00. The molecule has 76 valence electrons. The van der Waals surface area contributed by atoms with Gasteiger partial charge in [0.15, 0.2) is 5.69 Å². The number of H-pyrrole nitrogens is 1. The summed E-state index contributed by atoms with van der Waals surface area (Å²) in [6.45, 7) is 0.246. The van der Waals surface area contributed by atoms with Gasteiger partial charge in [0.1, 0.15) is 6.20 Å². The van der Waals surface area contributed by atoms with Crippen molar-refractivity contribution in [3.8, 4) is 0 Å². The first-order valence-corrected chi connectivity index (χ1v) is 3.81. The molecular formula is C6H9N5O3. The predicted octanol–water partition coefficient (Wildman–Crippen LogP) is -0.395. The number of rotatable bonds is 5. The SMILES string of the molecule is NC(=O)CCNc1cn[nH]c1[N+](=O)[O-]. The van der Waals surface area contributed by atoms with Crippen LogP contribution >= 0.6 is 0 Å². The van der Waals surface area contributed by atoms with Crippen LogP contribution in [0.1, 0.15) is 6.42 Å². The highest BCUT2D eigenvalue weighted by Crippen LogP contribution is 2.19. The van der Waals surface area contributed by atoms with Gasteiger partial charge in [-0.1, -0.05) is 5.10 Å². The van der Waals surface area contributed by atoms with Gasteiger partial charge >= 0.3 is 5.82 Å². The van der Waals surface area contributed by atoms with Crippen molar-refractivity contribution in [2.45, 2.75) is 6.42 Å². The van der Waals surface area contributed by atoms with Crippen LogP contribution in [-0.4, -0.2) is 27.6 Å². The molecule has 1 aromatic rings. The van der Waals surface area contributed by atoms with Crippen LogP contribution in [0, 0.1) is 10.1 Å². The first-order chi connectivity index (χ1) is 6.61. The molecule has 0 unspecified atom stereocenters. The Balaban J connectivity index is 2.54. The van der Waals surface area contributed by atoms with Crippen LogP contribution in [0.25, 0.3) is 0 Å². The fourth-order valence-electron chi connectivity index (χ4n) is 0.868. The summed E-state index contributed by atoms with van der Waals surface area (Å²) in [6.07, 6.45) is 1.39. The number of nitrogens with one attached hydrogen (secondary N) is 2. The highest BCUT2D eigenvalue weighted by atomic mass is 16.6. The quantitative estimate of drug-likeness (QED) is 0.439. The highest BCUT2D eigenvalue weighted by Gasteiger charge is 2.13. The van der Waals surface area contributed by atoms with Gasteiger partial charge in [-0.15, -0.1) is 5.10 Å². The van der Waals surface area contributed by atoms with Crippen LogP contribution in [0.2, 0.25) is 0 Å². The van der Waals surface area contributed by atoms with E-state index in [4.69, 9.17) is 5.73 Å². The number of aromatic nitrogens is 2. The summed E-state index contributed by atoms with van der Waals surface area (Å²) in [7, 11) is 0. The Kier molecular flexibility index (Phi) is 3.00. The van der Waals surface area contributed by atoms with Crippen molar-refractivity contribution in [1.29, 1.82) is 0 Å². The summed E-state index contributed by atoms with van der Waals surface area (Å²) < 4.78 is 0. The predicted molar refractivity (Wildman–Crippen MR) is 47.5 cm³/mol. The van der Waals surface area contributed by atoms with Crippen molar-refractivity contribution in [2.24, 2.45) is 5.73 Å². The van der Waals surface area contributed by atoms with E-state index in [1.54, 1.807) is 0 Å². The third kappa shape index (κ3) is 2.44. The zero-order valence-electron chi connectivity index (χ0n) is 7.19. The Hall–Kier alpha value is -2.12. The number of anilines is 1. The van der Waals surface area contributed by atoms with E-state index in [-0.39, 0.29) is 24.5 Å². The fraction of sp³-hybridized carbons (Fsp3) is 0.333. The van der Waals surface area contributed by atoms with Gasteiger partial charge in [0.2, 0.25) is 5.91 Å². The number of hydrogen-bond acceptors (Lipinski definition) is 5. The number of primary amides is 1. The van der Waals surface area contributed by atoms with E-state index in [9.17, 15) is 14.9 Å². The molecule has 0 aliphatic heterocycles. The molecular weight excluding hydrogens is 190 g/mol. The van der Waals surface area contributed by atoms with E-state index in [1.807, 2.05) is 0 Å². The fourth-order valence-corrected chi connectivity index (χ4v) is 0.868. The Labute approximate surface area is 78.6 Å². The van der Waals surface area contributed by atoms with Gasteiger partial charge in [0, 0.05) is 13.0 Å². The lowest BCUT2D eigenvalue weighted by Crippen LogP contribution is -2.15. The molecule has 1 amide bonds. The molecule has 0 aliphatic carbocycles. The average molecular weight is 199 g/mol. The van der Waals surface area contributed by atoms with Crippen molar-refractivity contribution < 1.29 is 9.72 Å². The van der Waals surface area contributed by atoms with Crippen molar-refractivity contribution >= 4 is 17.4 Å². The van der Waals surface area contributed by atoms with E-state index in [1.165, 1.54) is 6.20 Å². The summed E-state index contributed by atoms with van der Waals surface area (Å²) in [4.78, 5) is 20.2. The average Bonchev–Trinajstić information content (AvgIpc) is 2.51. The Bertz CT molecular complexity index is 347. The molecule has 0 fully saturated rings. The first-order valence-electron chi connectivity index (χ1n) is 3.81. The molecule has 0 atom stereocenters. The summed E-state index contributed by atoms with van der Waals surface area (Å²) in [5.74, 6) is -0.696. The second-order valence-corrected chi connectivity index (χ2v) is 2.53. The van der Waals surface area contributed by atoms with Gasteiger partial charge in [0.05, 0.1) is 0 Å². The third-order valence-corrected chi connectivity index (χ3v) is 1.49. The lowest BCUT2D eigenvalue weighted by atomic mass is 10.4. The van der Waals surface area contributed by atoms with Crippen LogP contribution in [-0.2, 0) is 4.79 Å². The maximum absolute atomic E-state index is 10.4. The minimum atomic E-state index is -0.598. The molecule has 0 radical (unpaired) electrons. The third-order valence-electron chi connectivity index (χ3n) is 1.49. The topological polar surface area (TPSA) is 127 Å². The zero-order valence-corrected chi connectivity index (χ0v) is 7.19. The summed E-state index contributed by atoms with van der Waals surface area (Å²) >= 11 is 0. The van der Waals surface area contributed by atoms with E-state index >= 15 is 0 Å². The van der Waals surface area contributed by atoms with Gasteiger partial charge in [-0.2, -0.15) is 0 Å². The Morgan fingerprint density at radius 1 is 1.79 bits per heavy atom. The number of aromatic amines is 1. The molecule has 0 bridgehead atoms. The molecule has 14 heavy (non-hydrogen) atoms. The second kappa shape index (κ2) is 4.21. The van der Waals surface area contributed by atoms with Crippen LogP contribution < -0.4 is 11.1 Å². The monoisotopic (exact) mass is 199 g/mol. The minimum Gasteiger partial charge on any atom is -0.376 e. The van der Waals surface area contributed by atoms with E-state index in [2.05, 4.69) is 15.5 Å². The zero-order chi connectivity index (χ0) is 10.6. The normalized spacial score (nSPS) is 9.71. The van der Waals surface area contributed by atoms with Gasteiger partial charge in [-0.25, -0.2) is 0 Å². The largest absolute Gasteiger partial charge is 0.376 e. The maximum atomic E-state index is 10.4. The Morgan fingerprint density at radius 3 is 3.07 bits per heavy atom. The first kappa shape index (κ1) is 9.96. The van der Waals surface area contributed by atoms with Gasteiger partial charge < -0.3 is 21.2 Å². The van der Waals surface area contributed by atoms with Gasteiger partial charge in [0.25, 0.3) is 0 Å². The number of nitrogens with two attached hydrogens (primary N) is 1. The van der Waals surface area contributed by atoms with E-state index in [0.29, 0.717) is 0 Å². The van der Waals surface area contributed by atoms with Crippen molar-refractivity contribution in [2.75, 3.05) is 11.9 Å². The molecule has 0 saturated carbocycles. The van der Waals surface area contributed by atoms with E-state index in [0.717, 1.165) is 0 Å². The molecule has 1 heterocycles. The molecule has 0 spiro atoms. The number of nitrogens with zero attached hydrogens (tertiary/aromatic N) is 2. The maximum Gasteiger partial charge on any atom is 0.366 e. The van der Waals surface area contributed by atoms with Crippen LogP contribution in [0.3, 0.4) is 0 Å². The van der Waals surface area contributed by atoms with Crippen LogP contribution in [0.15, 0.2) is 6.20 Å². The van der Waals surface area contributed by atoms with Crippen LogP contribution in [0.5, 0.6) is 0 Å². The summed E-state index contributed by atoms with van der Waals surface area (Å²) in [6, 6.07) is 0. The van der Waals surface area contributed by atoms with Gasteiger partial charge in [-0.3, -0.25) is 4.79 Å². The molecule has 1 rings (SSSR count). The van der Waals surface area contributed by atoms with Crippen molar-refractivity contribution in [3.05, 3.63) is 16.3 Å². The molecule has 0 aliphatic rings. The van der Waals surface area contributed by atoms with Crippen molar-refractivity contribution in [3.63, 3.8) is 0 Å². The van der Waals surface area contributed by atoms with Crippen molar-refractivity contribution in [1.82, 2.24) is 10.2 Å². The second-order valence-electron chi connectivity index (χ2n) is 2.53. The lowest BCUT2D eigenvalue weighted by molar-refractivity contribution is -0.388. The molecule has 8 nitrogen and oxygen atoms in total. The number of carbonyl (C=O) groups excluding carboxylic acids is 1. The number of carbonyl (C=O) groups is 1. The molecule has 0 saturated heterocycles. The molecule has 4 N–H and O–H groups in total. The smallest absolute Gasteiger partial charge is 0.366 e. The summed E-state index contributed by atoms with van der Waals surface area (Å²) in [5.41, 5.74) is 5.14. The standard InChI is InChI=1S/C6H9N5O3/c7-5(12)1-2-8-4-3-9-10-6(4)11(13)14/h3,8H,1-2H2,(H2,7,12)(H,9,10).